The number of carbonyl (C=O) groups excluding carboxylic acids is 1. The Balaban J connectivity index is 3.85. The van der Waals surface area contributed by atoms with Crippen LogP contribution in [0.15, 0.2) is 48.6 Å². The molecular weight excluding hydrogens is 649 g/mol. The molecule has 0 bridgehead atoms. The second-order valence-corrected chi connectivity index (χ2v) is 14.6. The van der Waals surface area contributed by atoms with Crippen LogP contribution in [0.4, 0.5) is 0 Å². The average Bonchev–Trinajstić information content (AvgIpc) is 3.10. The van der Waals surface area contributed by atoms with Crippen molar-refractivity contribution in [1.82, 2.24) is 0 Å². The van der Waals surface area contributed by atoms with E-state index >= 15 is 0 Å². The number of phosphoric ester groups is 1. The highest BCUT2D eigenvalue weighted by Crippen LogP contribution is 2.43. The average molecular weight is 726 g/mol. The highest BCUT2D eigenvalue weighted by atomic mass is 31.2. The van der Waals surface area contributed by atoms with Crippen LogP contribution >= 0.6 is 7.82 Å². The van der Waals surface area contributed by atoms with Crippen molar-refractivity contribution in [2.24, 2.45) is 5.73 Å². The molecule has 0 radical (unpaired) electrons. The van der Waals surface area contributed by atoms with Crippen molar-refractivity contribution >= 4 is 13.8 Å². The molecule has 0 aliphatic rings. The van der Waals surface area contributed by atoms with Gasteiger partial charge in [0.05, 0.1) is 19.8 Å². The molecule has 0 rings (SSSR count). The molecule has 0 aromatic heterocycles. The summed E-state index contributed by atoms with van der Waals surface area (Å²) in [7, 11) is -4.26. The third-order valence-electron chi connectivity index (χ3n) is 8.26. The number of allylic oxidation sites excluding steroid dienone is 8. The van der Waals surface area contributed by atoms with Crippen LogP contribution in [0.2, 0.25) is 0 Å². The van der Waals surface area contributed by atoms with Crippen LogP contribution in [0.1, 0.15) is 168 Å². The summed E-state index contributed by atoms with van der Waals surface area (Å²) in [5.74, 6) is -0.337. The smallest absolute Gasteiger partial charge is 0.457 e. The molecule has 0 heterocycles. The SMILES string of the molecule is CC/C=C\C/C=C\C/C=C\C/C=C\CCCCCCCCCCCCCCC(=O)OC(COCCCCCCCC)COP(=O)(O)OCCN. The zero-order valence-electron chi connectivity index (χ0n) is 32.1. The van der Waals surface area contributed by atoms with Crippen LogP contribution in [0, 0.1) is 0 Å². The van der Waals surface area contributed by atoms with Gasteiger partial charge < -0.3 is 20.1 Å². The van der Waals surface area contributed by atoms with Gasteiger partial charge in [0.25, 0.3) is 0 Å². The number of rotatable bonds is 38. The summed E-state index contributed by atoms with van der Waals surface area (Å²) in [6.07, 6.45) is 44.4. The van der Waals surface area contributed by atoms with Crippen molar-refractivity contribution in [3.8, 4) is 0 Å². The highest BCUT2D eigenvalue weighted by molar-refractivity contribution is 7.47. The van der Waals surface area contributed by atoms with Crippen LogP contribution in [-0.4, -0.2) is 49.9 Å². The maximum atomic E-state index is 12.5. The molecule has 9 heteroatoms. The predicted molar refractivity (Wildman–Crippen MR) is 210 cm³/mol. The predicted octanol–water partition coefficient (Wildman–Crippen LogP) is 11.6. The van der Waals surface area contributed by atoms with Crippen LogP contribution in [0.5, 0.6) is 0 Å². The third kappa shape index (κ3) is 37.7. The molecule has 2 unspecified atom stereocenters. The lowest BCUT2D eigenvalue weighted by Gasteiger charge is -2.20. The van der Waals surface area contributed by atoms with Crippen molar-refractivity contribution < 1.29 is 32.8 Å². The lowest BCUT2D eigenvalue weighted by Crippen LogP contribution is -2.28. The largest absolute Gasteiger partial charge is 0.472 e. The van der Waals surface area contributed by atoms with Gasteiger partial charge in [-0.3, -0.25) is 13.8 Å². The Morgan fingerprint density at radius 3 is 1.68 bits per heavy atom. The quantitative estimate of drug-likeness (QED) is 0.0279. The first-order valence-corrected chi connectivity index (χ1v) is 21.6. The Labute approximate surface area is 307 Å². The standard InChI is InChI=1S/C41H76NO7P/c1-3-5-7-9-11-12-13-14-15-16-17-18-19-20-21-22-23-24-25-26-27-28-29-30-32-34-41(43)49-40(39-48-50(44,45)47-37-35-42)38-46-36-33-31-10-8-6-4-2/h5,7,11-12,14-15,17-18,40H,3-4,6,8-10,13,16,19-39,42H2,1-2H3,(H,44,45)/b7-5-,12-11-,15-14-,18-17-. The van der Waals surface area contributed by atoms with Crippen molar-refractivity contribution in [2.75, 3.05) is 33.0 Å². The van der Waals surface area contributed by atoms with E-state index in [1.54, 1.807) is 0 Å². The number of hydrogen-bond acceptors (Lipinski definition) is 7. The number of hydrogen-bond donors (Lipinski definition) is 2. The number of carbonyl (C=O) groups is 1. The molecule has 0 saturated heterocycles. The van der Waals surface area contributed by atoms with Gasteiger partial charge in [-0.2, -0.15) is 0 Å². The lowest BCUT2D eigenvalue weighted by atomic mass is 10.0. The molecule has 0 aromatic carbocycles. The number of ether oxygens (including phenoxy) is 2. The van der Waals surface area contributed by atoms with Crippen molar-refractivity contribution in [2.45, 2.75) is 174 Å². The fourth-order valence-corrected chi connectivity index (χ4v) is 6.11. The van der Waals surface area contributed by atoms with Crippen LogP contribution < -0.4 is 5.73 Å². The summed E-state index contributed by atoms with van der Waals surface area (Å²) in [6, 6.07) is 0. The van der Waals surface area contributed by atoms with Crippen LogP contribution in [-0.2, 0) is 27.9 Å². The summed E-state index contributed by atoms with van der Waals surface area (Å²) in [6.45, 7) is 4.75. The van der Waals surface area contributed by atoms with Gasteiger partial charge in [-0.15, -0.1) is 0 Å². The molecule has 0 fully saturated rings. The zero-order valence-corrected chi connectivity index (χ0v) is 33.0. The van der Waals surface area contributed by atoms with E-state index in [0.29, 0.717) is 13.0 Å². The van der Waals surface area contributed by atoms with Gasteiger partial charge in [0.1, 0.15) is 6.10 Å². The lowest BCUT2D eigenvalue weighted by molar-refractivity contribution is -0.154. The summed E-state index contributed by atoms with van der Waals surface area (Å²) >= 11 is 0. The van der Waals surface area contributed by atoms with Crippen LogP contribution in [0.25, 0.3) is 0 Å². The highest BCUT2D eigenvalue weighted by Gasteiger charge is 2.25. The van der Waals surface area contributed by atoms with Gasteiger partial charge in [0.15, 0.2) is 0 Å². The van der Waals surface area contributed by atoms with Gasteiger partial charge in [0.2, 0.25) is 0 Å². The molecule has 8 nitrogen and oxygen atoms in total. The Hall–Kier alpha value is -1.54. The first-order chi connectivity index (χ1) is 24.4. The van der Waals surface area contributed by atoms with Gasteiger partial charge in [-0.05, 0) is 51.4 Å². The Morgan fingerprint density at radius 1 is 0.620 bits per heavy atom. The summed E-state index contributed by atoms with van der Waals surface area (Å²) in [5, 5.41) is 0. The number of unbranched alkanes of at least 4 members (excludes halogenated alkanes) is 17. The normalized spacial score (nSPS) is 14.1. The first-order valence-electron chi connectivity index (χ1n) is 20.1. The number of phosphoric acid groups is 1. The Kier molecular flexibility index (Phi) is 37.5. The number of esters is 1. The van der Waals surface area contributed by atoms with E-state index in [-0.39, 0.29) is 32.3 Å². The van der Waals surface area contributed by atoms with E-state index in [9.17, 15) is 14.3 Å². The minimum atomic E-state index is -4.26. The molecule has 0 spiro atoms. The second kappa shape index (κ2) is 38.7. The van der Waals surface area contributed by atoms with E-state index in [2.05, 4.69) is 62.5 Å². The van der Waals surface area contributed by atoms with Gasteiger partial charge in [-0.25, -0.2) is 4.57 Å². The fraction of sp³-hybridized carbons (Fsp3) is 0.780. The topological polar surface area (TPSA) is 117 Å². The van der Waals surface area contributed by atoms with Crippen molar-refractivity contribution in [3.05, 3.63) is 48.6 Å². The summed E-state index contributed by atoms with van der Waals surface area (Å²) in [4.78, 5) is 22.3. The molecule has 0 aliphatic heterocycles. The van der Waals surface area contributed by atoms with E-state index in [4.69, 9.17) is 24.3 Å². The first kappa shape index (κ1) is 48.5. The molecule has 0 saturated carbocycles. The van der Waals surface area contributed by atoms with E-state index < -0.39 is 13.9 Å². The molecule has 0 amide bonds. The van der Waals surface area contributed by atoms with Gasteiger partial charge in [0, 0.05) is 19.6 Å². The van der Waals surface area contributed by atoms with Crippen LogP contribution in [0.3, 0.4) is 0 Å². The van der Waals surface area contributed by atoms with E-state index in [1.807, 2.05) is 0 Å². The molecule has 0 aliphatic carbocycles. The summed E-state index contributed by atoms with van der Waals surface area (Å²) in [5.41, 5.74) is 5.34. The van der Waals surface area contributed by atoms with Crippen molar-refractivity contribution in [3.63, 3.8) is 0 Å². The minimum Gasteiger partial charge on any atom is -0.457 e. The maximum Gasteiger partial charge on any atom is 0.472 e. The Bertz CT molecular complexity index is 905. The zero-order chi connectivity index (χ0) is 36.6. The van der Waals surface area contributed by atoms with Gasteiger partial charge >= 0.3 is 13.8 Å². The van der Waals surface area contributed by atoms with E-state index in [0.717, 1.165) is 57.8 Å². The fourth-order valence-electron chi connectivity index (χ4n) is 5.34. The Morgan fingerprint density at radius 2 is 1.12 bits per heavy atom. The molecule has 2 atom stereocenters. The number of nitrogens with two attached hydrogens (primary N) is 1. The van der Waals surface area contributed by atoms with Gasteiger partial charge in [-0.1, -0.05) is 159 Å². The molecule has 292 valence electrons. The summed E-state index contributed by atoms with van der Waals surface area (Å²) < 4.78 is 33.1. The van der Waals surface area contributed by atoms with Crippen molar-refractivity contribution in [1.29, 1.82) is 0 Å². The maximum absolute atomic E-state index is 12.5. The molecule has 3 N–H and O–H groups in total. The second-order valence-electron chi connectivity index (χ2n) is 13.1. The minimum absolute atomic E-state index is 0.0963. The molecule has 0 aromatic rings. The molecular formula is C41H76NO7P. The van der Waals surface area contributed by atoms with E-state index in [1.165, 1.54) is 89.9 Å². The molecule has 50 heavy (non-hydrogen) atoms. The third-order valence-corrected chi connectivity index (χ3v) is 9.24. The monoisotopic (exact) mass is 726 g/mol.